The Kier molecular flexibility index (Phi) is 11.2. The highest BCUT2D eigenvalue weighted by Crippen LogP contribution is 2.33. The van der Waals surface area contributed by atoms with Crippen molar-refractivity contribution in [3.63, 3.8) is 0 Å². The number of ether oxygens (including phenoxy) is 1. The van der Waals surface area contributed by atoms with Crippen molar-refractivity contribution in [2.75, 3.05) is 25.1 Å². The number of aliphatic carboxylic acids is 1. The van der Waals surface area contributed by atoms with Gasteiger partial charge in [0.1, 0.15) is 5.75 Å². The van der Waals surface area contributed by atoms with Crippen LogP contribution in [0.4, 0.5) is 5.69 Å². The van der Waals surface area contributed by atoms with Crippen LogP contribution in [-0.4, -0.2) is 53.5 Å². The zero-order valence-electron chi connectivity index (χ0n) is 23.4. The van der Waals surface area contributed by atoms with Crippen LogP contribution in [0.2, 0.25) is 5.02 Å². The number of benzene rings is 2. The Balaban J connectivity index is 2.20. The fourth-order valence-electron chi connectivity index (χ4n) is 4.89. The lowest BCUT2D eigenvalue weighted by Gasteiger charge is -2.42. The van der Waals surface area contributed by atoms with E-state index in [0.29, 0.717) is 48.0 Å². The smallest absolute Gasteiger partial charge is 0.303 e. The number of carbonyl (C=O) groups excluding carboxylic acids is 2. The first-order valence-corrected chi connectivity index (χ1v) is 13.3. The number of rotatable bonds is 13. The molecule has 0 unspecified atom stereocenters. The van der Waals surface area contributed by atoms with Crippen molar-refractivity contribution in [3.05, 3.63) is 59.1 Å². The van der Waals surface area contributed by atoms with Crippen molar-refractivity contribution in [1.82, 2.24) is 4.90 Å². The number of hydrogen-bond acceptors (Lipinski definition) is 4. The number of hydrogen-bond donors (Lipinski definition) is 1. The molecule has 0 atom stereocenters. The summed E-state index contributed by atoms with van der Waals surface area (Å²) in [4.78, 5) is 41.5. The van der Waals surface area contributed by atoms with Crippen LogP contribution in [0.5, 0.6) is 5.75 Å². The molecule has 2 amide bonds. The van der Waals surface area contributed by atoms with Gasteiger partial charge in [-0.05, 0) is 87.1 Å². The maximum atomic E-state index is 13.6. The van der Waals surface area contributed by atoms with Crippen LogP contribution < -0.4 is 9.64 Å². The molecule has 0 bridgehead atoms. The van der Waals surface area contributed by atoms with E-state index in [-0.39, 0.29) is 30.1 Å². The van der Waals surface area contributed by atoms with Gasteiger partial charge in [-0.3, -0.25) is 14.4 Å². The molecule has 0 aromatic heterocycles. The van der Waals surface area contributed by atoms with E-state index < -0.39 is 11.5 Å². The second-order valence-electron chi connectivity index (χ2n) is 11.4. The standard InChI is InChI=1S/C30H41ClN2O5/c1-29(2,3)21-30(4,5)33(28(37)22-11-13-23(31)14-12-22)20-7-9-26(34)32(19-8-10-27(35)36)24-15-17-25(38-6)18-16-24/h11-18H,7-10,19-21H2,1-6H3,(H,35,36). The molecular weight excluding hydrogens is 504 g/mol. The number of carboxylic acid groups (broad SMARTS) is 1. The largest absolute Gasteiger partial charge is 0.497 e. The molecular formula is C30H41ClN2O5. The first-order chi connectivity index (χ1) is 17.7. The van der Waals surface area contributed by atoms with E-state index in [4.69, 9.17) is 21.4 Å². The monoisotopic (exact) mass is 544 g/mol. The topological polar surface area (TPSA) is 87.2 Å². The molecule has 0 aliphatic rings. The number of carboxylic acids is 1. The summed E-state index contributed by atoms with van der Waals surface area (Å²) in [6.45, 7) is 11.3. The molecule has 0 heterocycles. The van der Waals surface area contributed by atoms with Crippen molar-refractivity contribution < 1.29 is 24.2 Å². The van der Waals surface area contributed by atoms with Crippen LogP contribution in [0, 0.1) is 5.41 Å². The van der Waals surface area contributed by atoms with Gasteiger partial charge < -0.3 is 19.6 Å². The zero-order chi connectivity index (χ0) is 28.5. The second kappa shape index (κ2) is 13.7. The van der Waals surface area contributed by atoms with Crippen molar-refractivity contribution >= 4 is 35.1 Å². The molecule has 0 spiro atoms. The number of nitrogens with zero attached hydrogens (tertiary/aromatic N) is 2. The Hall–Kier alpha value is -3.06. The fourth-order valence-corrected chi connectivity index (χ4v) is 5.02. The highest BCUT2D eigenvalue weighted by Gasteiger charge is 2.35. The minimum atomic E-state index is -0.899. The lowest BCUT2D eigenvalue weighted by molar-refractivity contribution is -0.137. The van der Waals surface area contributed by atoms with Crippen molar-refractivity contribution in [3.8, 4) is 5.75 Å². The third-order valence-electron chi connectivity index (χ3n) is 6.26. The Morgan fingerprint density at radius 3 is 1.97 bits per heavy atom. The molecule has 1 N–H and O–H groups in total. The van der Waals surface area contributed by atoms with Crippen molar-refractivity contribution in [1.29, 1.82) is 0 Å². The minimum absolute atomic E-state index is 0.00679. The van der Waals surface area contributed by atoms with E-state index >= 15 is 0 Å². The van der Waals surface area contributed by atoms with Crippen LogP contribution in [0.3, 0.4) is 0 Å². The number of amides is 2. The number of methoxy groups -OCH3 is 1. The molecule has 7 nitrogen and oxygen atoms in total. The van der Waals surface area contributed by atoms with E-state index in [9.17, 15) is 14.4 Å². The van der Waals surface area contributed by atoms with Gasteiger partial charge in [0.2, 0.25) is 5.91 Å². The molecule has 0 aliphatic heterocycles. The van der Waals surface area contributed by atoms with Gasteiger partial charge >= 0.3 is 5.97 Å². The van der Waals surface area contributed by atoms with Gasteiger partial charge in [0.15, 0.2) is 0 Å². The summed E-state index contributed by atoms with van der Waals surface area (Å²) >= 11 is 6.04. The second-order valence-corrected chi connectivity index (χ2v) is 11.8. The minimum Gasteiger partial charge on any atom is -0.497 e. The van der Waals surface area contributed by atoms with Gasteiger partial charge in [0.25, 0.3) is 5.91 Å². The maximum absolute atomic E-state index is 13.6. The van der Waals surface area contributed by atoms with E-state index in [1.807, 2.05) is 4.90 Å². The Morgan fingerprint density at radius 2 is 1.45 bits per heavy atom. The first kappa shape index (κ1) is 31.2. The summed E-state index contributed by atoms with van der Waals surface area (Å²) in [6, 6.07) is 14.0. The highest BCUT2D eigenvalue weighted by atomic mass is 35.5. The normalized spacial score (nSPS) is 11.7. The lowest BCUT2D eigenvalue weighted by atomic mass is 9.80. The van der Waals surface area contributed by atoms with E-state index in [0.717, 1.165) is 6.42 Å². The lowest BCUT2D eigenvalue weighted by Crippen LogP contribution is -2.50. The SMILES string of the molecule is COc1ccc(N(CCCC(=O)O)C(=O)CCCN(C(=O)c2ccc(Cl)cc2)C(C)(C)CC(C)(C)C)cc1. The Bertz CT molecular complexity index is 1080. The Labute approximate surface area is 231 Å². The van der Waals surface area contributed by atoms with Gasteiger partial charge in [-0.25, -0.2) is 0 Å². The van der Waals surface area contributed by atoms with Crippen LogP contribution in [0.25, 0.3) is 0 Å². The van der Waals surface area contributed by atoms with Gasteiger partial charge in [-0.1, -0.05) is 32.4 Å². The van der Waals surface area contributed by atoms with E-state index in [1.54, 1.807) is 60.5 Å². The summed E-state index contributed by atoms with van der Waals surface area (Å²) in [5.41, 5.74) is 0.780. The van der Waals surface area contributed by atoms with E-state index in [1.165, 1.54) is 0 Å². The summed E-state index contributed by atoms with van der Waals surface area (Å²) < 4.78 is 5.22. The number of carbonyl (C=O) groups is 3. The number of anilines is 1. The molecule has 8 heteroatoms. The van der Waals surface area contributed by atoms with Crippen LogP contribution in [0.15, 0.2) is 48.5 Å². The molecule has 2 rings (SSSR count). The quantitative estimate of drug-likeness (QED) is 0.304. The molecule has 0 fully saturated rings. The highest BCUT2D eigenvalue weighted by molar-refractivity contribution is 6.30. The van der Waals surface area contributed by atoms with Crippen molar-refractivity contribution in [2.45, 2.75) is 72.3 Å². The average Bonchev–Trinajstić information content (AvgIpc) is 2.83. The van der Waals surface area contributed by atoms with Crippen molar-refractivity contribution in [2.24, 2.45) is 5.41 Å². The maximum Gasteiger partial charge on any atom is 0.303 e. The molecule has 2 aromatic carbocycles. The predicted molar refractivity (Wildman–Crippen MR) is 152 cm³/mol. The van der Waals surface area contributed by atoms with Crippen LogP contribution >= 0.6 is 11.6 Å². The van der Waals surface area contributed by atoms with Gasteiger partial charge in [-0.2, -0.15) is 0 Å². The predicted octanol–water partition coefficient (Wildman–Crippen LogP) is 6.68. The van der Waals surface area contributed by atoms with Crippen LogP contribution in [0.1, 0.15) is 77.1 Å². The van der Waals surface area contributed by atoms with Gasteiger partial charge in [0.05, 0.1) is 7.11 Å². The molecule has 0 saturated heterocycles. The third kappa shape index (κ3) is 9.67. The molecule has 0 saturated carbocycles. The molecule has 38 heavy (non-hydrogen) atoms. The molecule has 0 aliphatic carbocycles. The number of halogens is 1. The average molecular weight is 545 g/mol. The van der Waals surface area contributed by atoms with Gasteiger partial charge in [0, 0.05) is 47.7 Å². The van der Waals surface area contributed by atoms with Crippen LogP contribution in [-0.2, 0) is 9.59 Å². The molecule has 0 radical (unpaired) electrons. The third-order valence-corrected chi connectivity index (χ3v) is 6.51. The Morgan fingerprint density at radius 1 is 0.868 bits per heavy atom. The zero-order valence-corrected chi connectivity index (χ0v) is 24.2. The first-order valence-electron chi connectivity index (χ1n) is 13.0. The van der Waals surface area contributed by atoms with E-state index in [2.05, 4.69) is 34.6 Å². The summed E-state index contributed by atoms with van der Waals surface area (Å²) in [7, 11) is 1.57. The summed E-state index contributed by atoms with van der Waals surface area (Å²) in [5, 5.41) is 9.62. The molecule has 208 valence electrons. The van der Waals surface area contributed by atoms with Gasteiger partial charge in [-0.15, -0.1) is 0 Å². The fraction of sp³-hybridized carbons (Fsp3) is 0.500. The summed E-state index contributed by atoms with van der Waals surface area (Å²) in [5.74, 6) is -0.446. The molecule has 2 aromatic rings. The summed E-state index contributed by atoms with van der Waals surface area (Å²) in [6.07, 6.45) is 1.78.